The van der Waals surface area contributed by atoms with E-state index in [1.54, 1.807) is 13.0 Å². The number of nitrogens with zero attached hydrogens (tertiary/aromatic N) is 1. The average molecular weight is 474 g/mol. The van der Waals surface area contributed by atoms with E-state index in [4.69, 9.17) is 14.2 Å². The molecule has 0 aromatic heterocycles. The number of fused-ring (bicyclic) bond motifs is 1. The van der Waals surface area contributed by atoms with Gasteiger partial charge in [0.15, 0.2) is 19.0 Å². The normalized spacial score (nSPS) is 16.3. The monoisotopic (exact) mass is 474 g/mol. The molecule has 4 rings (SSSR count). The molecular weight excluding hydrogens is 452 g/mol. The van der Waals surface area contributed by atoms with E-state index in [0.717, 1.165) is 0 Å². The van der Waals surface area contributed by atoms with Crippen LogP contribution in [-0.2, 0) is 24.3 Å². The second kappa shape index (κ2) is 9.30. The van der Waals surface area contributed by atoms with Crippen LogP contribution in [0.15, 0.2) is 41.3 Å². The minimum atomic E-state index is -3.80. The van der Waals surface area contributed by atoms with Gasteiger partial charge in [0, 0.05) is 18.7 Å². The largest absolute Gasteiger partial charge is 0.482 e. The van der Waals surface area contributed by atoms with Gasteiger partial charge in [-0.1, -0.05) is 6.07 Å². The second-order valence-electron chi connectivity index (χ2n) is 7.54. The van der Waals surface area contributed by atoms with Gasteiger partial charge in [-0.15, -0.1) is 0 Å². The number of ether oxygens (including phenoxy) is 3. The smallest absolute Gasteiger partial charge is 0.338 e. The van der Waals surface area contributed by atoms with E-state index in [1.165, 1.54) is 34.6 Å². The van der Waals surface area contributed by atoms with Crippen molar-refractivity contribution >= 4 is 33.4 Å². The van der Waals surface area contributed by atoms with Crippen molar-refractivity contribution in [3.05, 3.63) is 53.1 Å². The molecular formula is C22H22N2O8S. The van der Waals surface area contributed by atoms with Gasteiger partial charge in [0.05, 0.1) is 29.4 Å². The first-order valence-electron chi connectivity index (χ1n) is 10.2. The van der Waals surface area contributed by atoms with Crippen molar-refractivity contribution in [1.29, 1.82) is 0 Å². The number of sulfonamides is 1. The van der Waals surface area contributed by atoms with Crippen LogP contribution < -0.4 is 10.1 Å². The molecule has 2 aliphatic rings. The summed E-state index contributed by atoms with van der Waals surface area (Å²) >= 11 is 0. The number of hydrogen-bond acceptors (Lipinski definition) is 8. The van der Waals surface area contributed by atoms with Crippen LogP contribution >= 0.6 is 0 Å². The van der Waals surface area contributed by atoms with Gasteiger partial charge < -0.3 is 19.5 Å². The molecule has 1 amide bonds. The van der Waals surface area contributed by atoms with Crippen LogP contribution in [0.2, 0.25) is 0 Å². The quantitative estimate of drug-likeness (QED) is 0.491. The number of carbonyl (C=O) groups is 3. The zero-order valence-electron chi connectivity index (χ0n) is 17.8. The number of nitrogens with one attached hydrogen (secondary N) is 1. The molecule has 1 fully saturated rings. The predicted molar refractivity (Wildman–Crippen MR) is 116 cm³/mol. The van der Waals surface area contributed by atoms with E-state index in [2.05, 4.69) is 5.32 Å². The van der Waals surface area contributed by atoms with Crippen LogP contribution in [0, 0.1) is 6.92 Å². The van der Waals surface area contributed by atoms with E-state index in [9.17, 15) is 22.8 Å². The van der Waals surface area contributed by atoms with Crippen LogP contribution in [-0.4, -0.2) is 69.9 Å². The van der Waals surface area contributed by atoms with Crippen molar-refractivity contribution in [2.75, 3.05) is 44.8 Å². The Morgan fingerprint density at radius 3 is 2.58 bits per heavy atom. The Bertz CT molecular complexity index is 1220. The number of anilines is 1. The number of ketones is 1. The third-order valence-electron chi connectivity index (χ3n) is 5.28. The van der Waals surface area contributed by atoms with Crippen molar-refractivity contribution in [1.82, 2.24) is 4.31 Å². The lowest BCUT2D eigenvalue weighted by Gasteiger charge is -2.26. The summed E-state index contributed by atoms with van der Waals surface area (Å²) in [4.78, 5) is 36.5. The SMILES string of the molecule is Cc1ccc(C(=O)OCC(=O)c2ccc3c(c2)NC(=O)CO3)cc1S(=O)(=O)N1CCOCC1. The maximum absolute atomic E-state index is 13.0. The summed E-state index contributed by atoms with van der Waals surface area (Å²) in [6, 6.07) is 8.74. The molecule has 33 heavy (non-hydrogen) atoms. The third kappa shape index (κ3) is 4.90. The fourth-order valence-corrected chi connectivity index (χ4v) is 5.14. The lowest BCUT2D eigenvalue weighted by Crippen LogP contribution is -2.40. The van der Waals surface area contributed by atoms with Gasteiger partial charge in [-0.25, -0.2) is 13.2 Å². The standard InChI is InChI=1S/C22H22N2O8S/c1-14-2-3-16(11-20(14)33(28,29)24-6-8-30-9-7-24)22(27)32-12-18(25)15-4-5-19-17(10-15)23-21(26)13-31-19/h2-5,10-11H,6-9,12-13H2,1H3,(H,23,26). The number of Topliss-reactive ketones (excluding diaryl/α,β-unsaturated/α-hetero) is 1. The van der Waals surface area contributed by atoms with E-state index in [-0.39, 0.29) is 41.6 Å². The first kappa shape index (κ1) is 22.9. The van der Waals surface area contributed by atoms with Crippen LogP contribution in [0.5, 0.6) is 5.75 Å². The van der Waals surface area contributed by atoms with Crippen molar-refractivity contribution in [3.8, 4) is 5.75 Å². The Labute approximate surface area is 190 Å². The van der Waals surface area contributed by atoms with E-state index >= 15 is 0 Å². The number of hydrogen-bond donors (Lipinski definition) is 1. The summed E-state index contributed by atoms with van der Waals surface area (Å²) in [5.41, 5.74) is 1.10. The van der Waals surface area contributed by atoms with E-state index < -0.39 is 28.4 Å². The number of aryl methyl sites for hydroxylation is 1. The molecule has 0 saturated carbocycles. The van der Waals surface area contributed by atoms with E-state index in [1.807, 2.05) is 0 Å². The number of morpholine rings is 1. The third-order valence-corrected chi connectivity index (χ3v) is 7.32. The molecule has 10 nitrogen and oxygen atoms in total. The molecule has 0 aliphatic carbocycles. The highest BCUT2D eigenvalue weighted by molar-refractivity contribution is 7.89. The van der Waals surface area contributed by atoms with Gasteiger partial charge in [0.1, 0.15) is 5.75 Å². The minimum Gasteiger partial charge on any atom is -0.482 e. The second-order valence-corrected chi connectivity index (χ2v) is 9.45. The summed E-state index contributed by atoms with van der Waals surface area (Å²) < 4.78 is 42.9. The molecule has 0 spiro atoms. The van der Waals surface area contributed by atoms with Crippen molar-refractivity contribution in [2.45, 2.75) is 11.8 Å². The molecule has 0 unspecified atom stereocenters. The zero-order chi connectivity index (χ0) is 23.6. The fraction of sp³-hybridized carbons (Fsp3) is 0.318. The number of rotatable bonds is 6. The van der Waals surface area contributed by atoms with Gasteiger partial charge in [-0.2, -0.15) is 4.31 Å². The maximum Gasteiger partial charge on any atom is 0.338 e. The molecule has 0 bridgehead atoms. The molecule has 0 atom stereocenters. The Hall–Kier alpha value is -3.28. The highest BCUT2D eigenvalue weighted by atomic mass is 32.2. The first-order chi connectivity index (χ1) is 15.8. The fourth-order valence-electron chi connectivity index (χ4n) is 3.49. The van der Waals surface area contributed by atoms with Crippen LogP contribution in [0.4, 0.5) is 5.69 Å². The molecule has 11 heteroatoms. The summed E-state index contributed by atoms with van der Waals surface area (Å²) in [5.74, 6) is -1.20. The van der Waals surface area contributed by atoms with Gasteiger partial charge in [0.2, 0.25) is 10.0 Å². The molecule has 1 saturated heterocycles. The summed E-state index contributed by atoms with van der Waals surface area (Å²) in [6.07, 6.45) is 0. The molecule has 2 heterocycles. The van der Waals surface area contributed by atoms with Gasteiger partial charge >= 0.3 is 5.97 Å². The molecule has 0 radical (unpaired) electrons. The zero-order valence-corrected chi connectivity index (χ0v) is 18.6. The van der Waals surface area contributed by atoms with Gasteiger partial charge in [0.25, 0.3) is 5.91 Å². The molecule has 2 aromatic rings. The molecule has 2 aliphatic heterocycles. The summed E-state index contributed by atoms with van der Waals surface area (Å²) in [6.45, 7) is 2.07. The van der Waals surface area contributed by atoms with Crippen LogP contribution in [0.25, 0.3) is 0 Å². The molecule has 1 N–H and O–H groups in total. The lowest BCUT2D eigenvalue weighted by atomic mass is 10.1. The number of esters is 1. The van der Waals surface area contributed by atoms with Crippen molar-refractivity contribution in [2.24, 2.45) is 0 Å². The Morgan fingerprint density at radius 2 is 1.82 bits per heavy atom. The molecule has 174 valence electrons. The van der Waals surface area contributed by atoms with Gasteiger partial charge in [-0.05, 0) is 42.8 Å². The number of amides is 1. The highest BCUT2D eigenvalue weighted by Gasteiger charge is 2.29. The topological polar surface area (TPSA) is 128 Å². The average Bonchev–Trinajstić information content (AvgIpc) is 2.82. The van der Waals surface area contributed by atoms with E-state index in [0.29, 0.717) is 30.2 Å². The lowest BCUT2D eigenvalue weighted by molar-refractivity contribution is -0.118. The Morgan fingerprint density at radius 1 is 1.09 bits per heavy atom. The highest BCUT2D eigenvalue weighted by Crippen LogP contribution is 2.28. The van der Waals surface area contributed by atoms with Crippen LogP contribution in [0.1, 0.15) is 26.3 Å². The van der Waals surface area contributed by atoms with Crippen molar-refractivity contribution < 1.29 is 37.0 Å². The Balaban J connectivity index is 1.46. The predicted octanol–water partition coefficient (Wildman–Crippen LogP) is 1.39. The van der Waals surface area contributed by atoms with Gasteiger partial charge in [-0.3, -0.25) is 9.59 Å². The molecule has 2 aromatic carbocycles. The number of benzene rings is 2. The summed E-state index contributed by atoms with van der Waals surface area (Å²) in [7, 11) is -3.80. The summed E-state index contributed by atoms with van der Waals surface area (Å²) in [5, 5.41) is 2.61. The minimum absolute atomic E-state index is 0.00982. The number of carbonyl (C=O) groups excluding carboxylic acids is 3. The Kier molecular flexibility index (Phi) is 6.45. The van der Waals surface area contributed by atoms with Crippen LogP contribution in [0.3, 0.4) is 0 Å². The first-order valence-corrected chi connectivity index (χ1v) is 11.7. The van der Waals surface area contributed by atoms with Crippen molar-refractivity contribution in [3.63, 3.8) is 0 Å². The maximum atomic E-state index is 13.0.